The molecule has 3 heteroatoms. The molecule has 96 valence electrons. The van der Waals surface area contributed by atoms with E-state index in [4.69, 9.17) is 0 Å². The molecule has 0 spiro atoms. The predicted molar refractivity (Wildman–Crippen MR) is 79.7 cm³/mol. The number of hydrogen-bond acceptors (Lipinski definition) is 3. The Hall–Kier alpha value is 0.660. The zero-order valence-corrected chi connectivity index (χ0v) is 12.6. The van der Waals surface area contributed by atoms with Gasteiger partial charge in [-0.1, -0.05) is 26.7 Å². The van der Waals surface area contributed by atoms with Gasteiger partial charge in [-0.3, -0.25) is 0 Å². The summed E-state index contributed by atoms with van der Waals surface area (Å²) in [6.45, 7) is 5.79. The van der Waals surface area contributed by atoms with Gasteiger partial charge in [-0.25, -0.2) is 0 Å². The van der Waals surface area contributed by atoms with Crippen molar-refractivity contribution in [3.8, 4) is 0 Å². The van der Waals surface area contributed by atoms with Crippen LogP contribution in [0.4, 0.5) is 0 Å². The Bertz CT molecular complexity index is 173. The number of hydrogen-bond donors (Lipinski definition) is 1. The van der Waals surface area contributed by atoms with E-state index < -0.39 is 0 Å². The van der Waals surface area contributed by atoms with Crippen LogP contribution in [-0.2, 0) is 0 Å². The van der Waals surface area contributed by atoms with Crippen molar-refractivity contribution in [2.75, 3.05) is 24.3 Å². The fourth-order valence-electron chi connectivity index (χ4n) is 2.25. The minimum atomic E-state index is 0.781. The first-order chi connectivity index (χ1) is 7.74. The lowest BCUT2D eigenvalue weighted by atomic mass is 9.95. The van der Waals surface area contributed by atoms with Gasteiger partial charge in [0, 0.05) is 23.6 Å². The molecule has 1 aliphatic carbocycles. The molecule has 0 amide bonds. The minimum absolute atomic E-state index is 0.781. The van der Waals surface area contributed by atoms with Crippen LogP contribution in [0.2, 0.25) is 0 Å². The third kappa shape index (κ3) is 5.83. The molecule has 0 aromatic rings. The van der Waals surface area contributed by atoms with Gasteiger partial charge in [0.25, 0.3) is 0 Å². The monoisotopic (exact) mass is 261 g/mol. The Kier molecular flexibility index (Phi) is 8.01. The van der Waals surface area contributed by atoms with E-state index in [0.29, 0.717) is 0 Å². The van der Waals surface area contributed by atoms with Gasteiger partial charge >= 0.3 is 0 Å². The predicted octanol–water partition coefficient (Wildman–Crippen LogP) is 3.64. The number of nitrogens with one attached hydrogen (secondary N) is 1. The molecule has 0 radical (unpaired) electrons. The zero-order chi connectivity index (χ0) is 11.8. The molecule has 0 bridgehead atoms. The highest BCUT2D eigenvalue weighted by molar-refractivity contribution is 7.99. The van der Waals surface area contributed by atoms with Crippen LogP contribution in [-0.4, -0.2) is 35.6 Å². The third-order valence-corrected chi connectivity index (χ3v) is 5.67. The summed E-state index contributed by atoms with van der Waals surface area (Å²) < 4.78 is 0. The quantitative estimate of drug-likeness (QED) is 0.703. The van der Waals surface area contributed by atoms with E-state index in [-0.39, 0.29) is 0 Å². The van der Waals surface area contributed by atoms with Gasteiger partial charge in [-0.15, -0.1) is 0 Å². The highest BCUT2D eigenvalue weighted by Gasteiger charge is 2.23. The Morgan fingerprint density at radius 2 is 2.00 bits per heavy atom. The largest absolute Gasteiger partial charge is 0.312 e. The van der Waals surface area contributed by atoms with Crippen LogP contribution in [0.15, 0.2) is 0 Å². The second kappa shape index (κ2) is 8.71. The maximum Gasteiger partial charge on any atom is 0.0198 e. The molecule has 0 aliphatic heterocycles. The van der Waals surface area contributed by atoms with Crippen molar-refractivity contribution in [1.29, 1.82) is 0 Å². The summed E-state index contributed by atoms with van der Waals surface area (Å²) in [5, 5.41) is 4.62. The molecule has 1 fully saturated rings. The third-order valence-electron chi connectivity index (χ3n) is 3.11. The smallest absolute Gasteiger partial charge is 0.0198 e. The highest BCUT2D eigenvalue weighted by atomic mass is 32.2. The normalized spacial score (nSPS) is 26.2. The van der Waals surface area contributed by atoms with Gasteiger partial charge < -0.3 is 5.32 Å². The van der Waals surface area contributed by atoms with Crippen LogP contribution in [0.1, 0.15) is 39.5 Å². The van der Waals surface area contributed by atoms with Crippen molar-refractivity contribution in [2.45, 2.75) is 50.8 Å². The van der Waals surface area contributed by atoms with Gasteiger partial charge in [-0.2, -0.15) is 23.5 Å². The van der Waals surface area contributed by atoms with E-state index in [1.807, 2.05) is 0 Å². The van der Waals surface area contributed by atoms with Crippen LogP contribution in [0.25, 0.3) is 0 Å². The molecule has 0 aromatic carbocycles. The van der Waals surface area contributed by atoms with Crippen molar-refractivity contribution in [3.05, 3.63) is 0 Å². The lowest BCUT2D eigenvalue weighted by molar-refractivity contribution is 0.392. The number of thioether (sulfide) groups is 2. The van der Waals surface area contributed by atoms with E-state index in [2.05, 4.69) is 48.9 Å². The maximum absolute atomic E-state index is 3.75. The molecule has 0 heterocycles. The molecule has 1 N–H and O–H groups in total. The van der Waals surface area contributed by atoms with Crippen LogP contribution >= 0.6 is 23.5 Å². The van der Waals surface area contributed by atoms with Gasteiger partial charge in [0.2, 0.25) is 0 Å². The van der Waals surface area contributed by atoms with Crippen molar-refractivity contribution >= 4 is 23.5 Å². The summed E-state index contributed by atoms with van der Waals surface area (Å²) in [7, 11) is 0. The Labute approximate surface area is 110 Å². The van der Waals surface area contributed by atoms with Crippen LogP contribution in [0.3, 0.4) is 0 Å². The minimum Gasteiger partial charge on any atom is -0.312 e. The van der Waals surface area contributed by atoms with E-state index in [0.717, 1.165) is 17.2 Å². The van der Waals surface area contributed by atoms with E-state index in [9.17, 15) is 0 Å². The van der Waals surface area contributed by atoms with Crippen LogP contribution < -0.4 is 5.32 Å². The molecule has 2 atom stereocenters. The second-order valence-corrected chi connectivity index (χ2v) is 7.31. The van der Waals surface area contributed by atoms with Crippen molar-refractivity contribution < 1.29 is 0 Å². The van der Waals surface area contributed by atoms with Gasteiger partial charge in [0.05, 0.1) is 0 Å². The van der Waals surface area contributed by atoms with Crippen molar-refractivity contribution in [3.63, 3.8) is 0 Å². The fourth-order valence-corrected chi connectivity index (χ4v) is 4.11. The van der Waals surface area contributed by atoms with Gasteiger partial charge in [0.15, 0.2) is 0 Å². The average Bonchev–Trinajstić information content (AvgIpc) is 2.29. The molecule has 1 nitrogen and oxygen atoms in total. The summed E-state index contributed by atoms with van der Waals surface area (Å²) in [5.41, 5.74) is 0. The highest BCUT2D eigenvalue weighted by Crippen LogP contribution is 2.27. The van der Waals surface area contributed by atoms with Crippen molar-refractivity contribution in [2.24, 2.45) is 5.92 Å². The summed E-state index contributed by atoms with van der Waals surface area (Å²) in [6.07, 6.45) is 7.93. The Balaban J connectivity index is 2.06. The van der Waals surface area contributed by atoms with Gasteiger partial charge in [-0.05, 0) is 30.8 Å². The lowest BCUT2D eigenvalue weighted by Crippen LogP contribution is -2.41. The fraction of sp³-hybridized carbons (Fsp3) is 1.00. The summed E-state index contributed by atoms with van der Waals surface area (Å²) in [6, 6.07) is 0.781. The van der Waals surface area contributed by atoms with E-state index >= 15 is 0 Å². The SMILES string of the molecule is CSC1CCCCC1NCCSCC(C)C. The molecular formula is C13H27NS2. The maximum atomic E-state index is 3.75. The molecule has 2 unspecified atom stereocenters. The molecule has 1 saturated carbocycles. The number of rotatable bonds is 7. The molecule has 16 heavy (non-hydrogen) atoms. The van der Waals surface area contributed by atoms with E-state index in [1.165, 1.54) is 43.7 Å². The summed E-state index contributed by atoms with van der Waals surface area (Å²) in [4.78, 5) is 0. The first-order valence-corrected chi connectivity index (χ1v) is 9.02. The standard InChI is InChI=1S/C13H27NS2/c1-11(2)10-16-9-8-14-12-6-4-5-7-13(12)15-3/h11-14H,4-10H2,1-3H3. The Morgan fingerprint density at radius 1 is 1.25 bits per heavy atom. The second-order valence-electron chi connectivity index (χ2n) is 5.09. The average molecular weight is 262 g/mol. The van der Waals surface area contributed by atoms with E-state index in [1.54, 1.807) is 0 Å². The Morgan fingerprint density at radius 3 is 2.69 bits per heavy atom. The summed E-state index contributed by atoms with van der Waals surface area (Å²) >= 11 is 4.14. The molecule has 1 aliphatic rings. The first kappa shape index (κ1) is 14.7. The topological polar surface area (TPSA) is 12.0 Å². The molecular weight excluding hydrogens is 234 g/mol. The van der Waals surface area contributed by atoms with Crippen LogP contribution in [0, 0.1) is 5.92 Å². The molecule has 0 saturated heterocycles. The summed E-state index contributed by atoms with van der Waals surface area (Å²) in [5.74, 6) is 3.41. The molecule has 0 aromatic heterocycles. The van der Waals surface area contributed by atoms with Crippen LogP contribution in [0.5, 0.6) is 0 Å². The zero-order valence-electron chi connectivity index (χ0n) is 11.0. The molecule has 1 rings (SSSR count). The van der Waals surface area contributed by atoms with Crippen molar-refractivity contribution in [1.82, 2.24) is 5.32 Å². The lowest BCUT2D eigenvalue weighted by Gasteiger charge is -2.31. The van der Waals surface area contributed by atoms with Gasteiger partial charge in [0.1, 0.15) is 0 Å². The first-order valence-electron chi connectivity index (χ1n) is 6.58.